The summed E-state index contributed by atoms with van der Waals surface area (Å²) in [5, 5.41) is 3.44. The molecule has 1 aromatic rings. The second-order valence-electron chi connectivity index (χ2n) is 4.99. The quantitative estimate of drug-likeness (QED) is 0.862. The Kier molecular flexibility index (Phi) is 4.51. The Morgan fingerprint density at radius 1 is 1.35 bits per heavy atom. The molecule has 0 amide bonds. The lowest BCUT2D eigenvalue weighted by atomic mass is 10.1. The summed E-state index contributed by atoms with van der Waals surface area (Å²) in [4.78, 5) is 2.49. The van der Waals surface area contributed by atoms with Crippen LogP contribution >= 0.6 is 0 Å². The van der Waals surface area contributed by atoms with Gasteiger partial charge in [0, 0.05) is 26.2 Å². The van der Waals surface area contributed by atoms with Crippen LogP contribution in [-0.2, 0) is 6.42 Å². The monoisotopic (exact) mass is 236 g/mol. The van der Waals surface area contributed by atoms with Gasteiger partial charge in [-0.2, -0.15) is 0 Å². The maximum atomic E-state index is 12.8. The lowest BCUT2D eigenvalue weighted by Gasteiger charge is -2.21. The molecule has 1 saturated heterocycles. The van der Waals surface area contributed by atoms with E-state index in [2.05, 4.69) is 17.1 Å². The number of hydrogen-bond acceptors (Lipinski definition) is 2. The van der Waals surface area contributed by atoms with Crippen LogP contribution in [0.5, 0.6) is 0 Å². The minimum Gasteiger partial charge on any atom is -0.315 e. The average molecular weight is 236 g/mol. The molecule has 0 radical (unpaired) electrons. The van der Waals surface area contributed by atoms with Gasteiger partial charge in [0.25, 0.3) is 0 Å². The number of halogens is 1. The summed E-state index contributed by atoms with van der Waals surface area (Å²) in [6.45, 7) is 7.82. The number of nitrogens with zero attached hydrogens (tertiary/aromatic N) is 1. The third kappa shape index (κ3) is 4.10. The maximum absolute atomic E-state index is 12.8. The van der Waals surface area contributed by atoms with Crippen LogP contribution in [0.4, 0.5) is 4.39 Å². The summed E-state index contributed by atoms with van der Waals surface area (Å²) < 4.78 is 12.8. The van der Waals surface area contributed by atoms with E-state index in [9.17, 15) is 4.39 Å². The predicted molar refractivity (Wildman–Crippen MR) is 68.6 cm³/mol. The van der Waals surface area contributed by atoms with Crippen LogP contribution in [0.1, 0.15) is 12.5 Å². The van der Waals surface area contributed by atoms with Crippen LogP contribution in [0.2, 0.25) is 0 Å². The number of hydrogen-bond donors (Lipinski definition) is 1. The summed E-state index contributed by atoms with van der Waals surface area (Å²) in [5.74, 6) is 0.562. The van der Waals surface area contributed by atoms with E-state index < -0.39 is 0 Å². The summed E-state index contributed by atoms with van der Waals surface area (Å²) in [6.07, 6.45) is 1.01. The van der Waals surface area contributed by atoms with E-state index in [0.717, 1.165) is 39.1 Å². The van der Waals surface area contributed by atoms with Crippen molar-refractivity contribution >= 4 is 0 Å². The maximum Gasteiger partial charge on any atom is 0.123 e. The van der Waals surface area contributed by atoms with Crippen LogP contribution in [-0.4, -0.2) is 37.6 Å². The molecule has 1 unspecified atom stereocenters. The third-order valence-electron chi connectivity index (χ3n) is 3.30. The van der Waals surface area contributed by atoms with Crippen molar-refractivity contribution in [2.75, 3.05) is 32.7 Å². The summed E-state index contributed by atoms with van der Waals surface area (Å²) >= 11 is 0. The highest BCUT2D eigenvalue weighted by Crippen LogP contribution is 2.07. The Labute approximate surface area is 103 Å². The molecule has 0 spiro atoms. The molecule has 1 aliphatic rings. The zero-order valence-corrected chi connectivity index (χ0v) is 10.5. The van der Waals surface area contributed by atoms with Crippen LogP contribution in [0.25, 0.3) is 0 Å². The number of rotatable bonds is 3. The third-order valence-corrected chi connectivity index (χ3v) is 3.30. The topological polar surface area (TPSA) is 15.3 Å². The Morgan fingerprint density at radius 2 is 2.12 bits per heavy atom. The highest BCUT2D eigenvalue weighted by atomic mass is 19.1. The molecule has 3 heteroatoms. The van der Waals surface area contributed by atoms with Gasteiger partial charge in [-0.3, -0.25) is 0 Å². The van der Waals surface area contributed by atoms with E-state index in [4.69, 9.17) is 0 Å². The fraction of sp³-hybridized carbons (Fsp3) is 0.571. The Hall–Kier alpha value is -0.930. The fourth-order valence-electron chi connectivity index (χ4n) is 2.32. The molecule has 1 atom stereocenters. The van der Waals surface area contributed by atoms with Crippen molar-refractivity contribution in [1.82, 2.24) is 10.2 Å². The molecule has 2 nitrogen and oxygen atoms in total. The molecular formula is C14H21FN2. The van der Waals surface area contributed by atoms with Gasteiger partial charge in [0.1, 0.15) is 5.82 Å². The van der Waals surface area contributed by atoms with Crippen molar-refractivity contribution in [2.24, 2.45) is 5.92 Å². The minimum absolute atomic E-state index is 0.152. The van der Waals surface area contributed by atoms with Gasteiger partial charge in [0.2, 0.25) is 0 Å². The molecule has 94 valence electrons. The fourth-order valence-corrected chi connectivity index (χ4v) is 2.32. The zero-order chi connectivity index (χ0) is 12.1. The first-order chi connectivity index (χ1) is 8.24. The van der Waals surface area contributed by atoms with E-state index in [-0.39, 0.29) is 5.82 Å². The van der Waals surface area contributed by atoms with Crippen LogP contribution < -0.4 is 5.32 Å². The summed E-state index contributed by atoms with van der Waals surface area (Å²) in [6, 6.07) is 6.85. The van der Waals surface area contributed by atoms with Crippen LogP contribution in [0, 0.1) is 11.7 Å². The first-order valence-electron chi connectivity index (χ1n) is 6.41. The van der Waals surface area contributed by atoms with Gasteiger partial charge in [0.05, 0.1) is 0 Å². The summed E-state index contributed by atoms with van der Waals surface area (Å²) in [5.41, 5.74) is 1.22. The Bertz CT molecular complexity index is 337. The molecule has 17 heavy (non-hydrogen) atoms. The zero-order valence-electron chi connectivity index (χ0n) is 10.5. The lowest BCUT2D eigenvalue weighted by molar-refractivity contribution is 0.268. The van der Waals surface area contributed by atoms with Crippen molar-refractivity contribution in [3.8, 4) is 0 Å². The standard InChI is InChI=1S/C14H21FN2/c1-12-10-16-7-9-17(11-12)8-6-13-2-4-14(15)5-3-13/h2-5,12,16H,6-11H2,1H3. The van der Waals surface area contributed by atoms with Gasteiger partial charge < -0.3 is 10.2 Å². The van der Waals surface area contributed by atoms with Crippen molar-refractivity contribution in [2.45, 2.75) is 13.3 Å². The van der Waals surface area contributed by atoms with E-state index in [0.29, 0.717) is 5.92 Å². The van der Waals surface area contributed by atoms with Crippen molar-refractivity contribution < 1.29 is 4.39 Å². The smallest absolute Gasteiger partial charge is 0.123 e. The first-order valence-corrected chi connectivity index (χ1v) is 6.41. The number of benzene rings is 1. The molecule has 1 fully saturated rings. The van der Waals surface area contributed by atoms with E-state index in [1.54, 1.807) is 12.1 Å². The largest absolute Gasteiger partial charge is 0.315 e. The Morgan fingerprint density at radius 3 is 2.88 bits per heavy atom. The van der Waals surface area contributed by atoms with Crippen molar-refractivity contribution in [3.05, 3.63) is 35.6 Å². The van der Waals surface area contributed by atoms with Gasteiger partial charge in [-0.05, 0) is 36.6 Å². The molecule has 1 aliphatic heterocycles. The lowest BCUT2D eigenvalue weighted by Crippen LogP contribution is -2.31. The predicted octanol–water partition coefficient (Wildman–Crippen LogP) is 1.91. The second kappa shape index (κ2) is 6.12. The minimum atomic E-state index is -0.152. The van der Waals surface area contributed by atoms with Gasteiger partial charge >= 0.3 is 0 Å². The molecule has 1 heterocycles. The summed E-state index contributed by atoms with van der Waals surface area (Å²) in [7, 11) is 0. The molecule has 0 aliphatic carbocycles. The highest BCUT2D eigenvalue weighted by Gasteiger charge is 2.13. The average Bonchev–Trinajstić information content (AvgIpc) is 2.53. The van der Waals surface area contributed by atoms with Crippen molar-refractivity contribution in [1.29, 1.82) is 0 Å². The molecule has 1 aromatic carbocycles. The van der Waals surface area contributed by atoms with E-state index in [1.165, 1.54) is 5.56 Å². The molecule has 0 saturated carbocycles. The highest BCUT2D eigenvalue weighted by molar-refractivity contribution is 5.16. The molecule has 0 bridgehead atoms. The Balaban J connectivity index is 1.82. The van der Waals surface area contributed by atoms with Crippen LogP contribution in [0.3, 0.4) is 0 Å². The second-order valence-corrected chi connectivity index (χ2v) is 4.99. The van der Waals surface area contributed by atoms with E-state index in [1.807, 2.05) is 12.1 Å². The van der Waals surface area contributed by atoms with Gasteiger partial charge in [0.15, 0.2) is 0 Å². The molecule has 1 N–H and O–H groups in total. The van der Waals surface area contributed by atoms with Crippen LogP contribution in [0.15, 0.2) is 24.3 Å². The molecule has 0 aromatic heterocycles. The normalized spacial score (nSPS) is 22.4. The van der Waals surface area contributed by atoms with Gasteiger partial charge in [-0.1, -0.05) is 19.1 Å². The number of nitrogens with one attached hydrogen (secondary N) is 1. The van der Waals surface area contributed by atoms with Gasteiger partial charge in [-0.25, -0.2) is 4.39 Å². The van der Waals surface area contributed by atoms with Gasteiger partial charge in [-0.15, -0.1) is 0 Å². The van der Waals surface area contributed by atoms with Crippen molar-refractivity contribution in [3.63, 3.8) is 0 Å². The first kappa shape index (κ1) is 12.5. The molecular weight excluding hydrogens is 215 g/mol. The SMILES string of the molecule is CC1CNCCN(CCc2ccc(F)cc2)C1. The molecule has 2 rings (SSSR count). The van der Waals surface area contributed by atoms with E-state index >= 15 is 0 Å².